The van der Waals surface area contributed by atoms with E-state index in [2.05, 4.69) is 4.72 Å². The Morgan fingerprint density at radius 1 is 1.46 bits per heavy atom. The molecule has 1 aliphatic rings. The van der Waals surface area contributed by atoms with Crippen LogP contribution < -0.4 is 4.72 Å². The van der Waals surface area contributed by atoms with Crippen LogP contribution in [0.1, 0.15) is 13.8 Å². The van der Waals surface area contributed by atoms with Crippen molar-refractivity contribution in [1.82, 2.24) is 4.72 Å². The number of allylic oxidation sites excluding steroid dienone is 2. The Balaban J connectivity index is 2.89. The smallest absolute Gasteiger partial charge is 0.273 e. The maximum atomic E-state index is 10.6. The van der Waals surface area contributed by atoms with E-state index in [1.165, 1.54) is 0 Å². The molecule has 1 rings (SSSR count). The van der Waals surface area contributed by atoms with Crippen molar-refractivity contribution in [1.29, 1.82) is 0 Å². The van der Waals surface area contributed by atoms with Gasteiger partial charge in [-0.1, -0.05) is 31.2 Å². The largest absolute Gasteiger partial charge is 0.334 e. The van der Waals surface area contributed by atoms with E-state index >= 15 is 0 Å². The van der Waals surface area contributed by atoms with Crippen LogP contribution in [0.4, 0.5) is 0 Å². The topological polar surface area (TPSA) is 66.4 Å². The lowest BCUT2D eigenvalue weighted by Crippen LogP contribution is -2.48. The fourth-order valence-electron chi connectivity index (χ4n) is 1.24. The molecule has 13 heavy (non-hydrogen) atoms. The van der Waals surface area contributed by atoms with Crippen LogP contribution in [0.15, 0.2) is 24.3 Å². The number of hydrogen-bond donors (Lipinski definition) is 2. The van der Waals surface area contributed by atoms with Gasteiger partial charge in [-0.05, 0) is 12.8 Å². The lowest BCUT2D eigenvalue weighted by molar-refractivity contribution is 0.378. The van der Waals surface area contributed by atoms with Gasteiger partial charge in [0.05, 0.1) is 5.54 Å². The minimum Gasteiger partial charge on any atom is -0.273 e. The summed E-state index contributed by atoms with van der Waals surface area (Å²) in [6.45, 7) is 3.59. The molecule has 0 aliphatic heterocycles. The van der Waals surface area contributed by atoms with Gasteiger partial charge in [0.15, 0.2) is 0 Å². The first kappa shape index (κ1) is 10.4. The first-order chi connectivity index (χ1) is 5.83. The number of rotatable bonds is 2. The van der Waals surface area contributed by atoms with E-state index in [1.807, 2.05) is 19.1 Å². The summed E-state index contributed by atoms with van der Waals surface area (Å²) in [4.78, 5) is 0. The second-order valence-corrected chi connectivity index (χ2v) is 4.55. The standard InChI is InChI=1S/C8H13NO3S/c1-7-5-3-4-6-8(7,2)9-13(10,11)12/h3-7,9H,1-2H3,(H,10,11,12). The second-order valence-electron chi connectivity index (χ2n) is 3.39. The molecule has 0 amide bonds. The molecule has 5 heteroatoms. The summed E-state index contributed by atoms with van der Waals surface area (Å²) in [5, 5.41) is 0. The zero-order valence-electron chi connectivity index (χ0n) is 7.56. The molecule has 0 heterocycles. The molecule has 0 saturated carbocycles. The first-order valence-corrected chi connectivity index (χ1v) is 5.40. The molecule has 2 unspecified atom stereocenters. The Kier molecular flexibility index (Phi) is 2.61. The summed E-state index contributed by atoms with van der Waals surface area (Å²) in [5.41, 5.74) is -0.734. The summed E-state index contributed by atoms with van der Waals surface area (Å²) in [6.07, 6.45) is 7.18. The highest BCUT2D eigenvalue weighted by Crippen LogP contribution is 2.23. The van der Waals surface area contributed by atoms with E-state index < -0.39 is 15.8 Å². The summed E-state index contributed by atoms with van der Waals surface area (Å²) < 4.78 is 32.1. The van der Waals surface area contributed by atoms with Crippen molar-refractivity contribution in [3.63, 3.8) is 0 Å². The van der Waals surface area contributed by atoms with E-state index in [0.717, 1.165) is 0 Å². The van der Waals surface area contributed by atoms with Crippen LogP contribution >= 0.6 is 0 Å². The summed E-state index contributed by atoms with van der Waals surface area (Å²) in [7, 11) is -4.15. The van der Waals surface area contributed by atoms with Crippen molar-refractivity contribution in [3.8, 4) is 0 Å². The third-order valence-corrected chi connectivity index (χ3v) is 2.95. The first-order valence-electron chi connectivity index (χ1n) is 3.96. The number of hydrogen-bond acceptors (Lipinski definition) is 2. The zero-order valence-corrected chi connectivity index (χ0v) is 8.38. The fraction of sp³-hybridized carbons (Fsp3) is 0.500. The summed E-state index contributed by atoms with van der Waals surface area (Å²) in [5.74, 6) is 0.0134. The Morgan fingerprint density at radius 2 is 2.08 bits per heavy atom. The number of nitrogens with one attached hydrogen (secondary N) is 1. The average Bonchev–Trinajstić information content (AvgIpc) is 1.92. The predicted octanol–water partition coefficient (Wildman–Crippen LogP) is 0.900. The maximum absolute atomic E-state index is 10.6. The molecular weight excluding hydrogens is 190 g/mol. The van der Waals surface area contributed by atoms with E-state index in [9.17, 15) is 8.42 Å². The zero-order chi connectivity index (χ0) is 10.1. The predicted molar refractivity (Wildman–Crippen MR) is 50.5 cm³/mol. The molecule has 0 aromatic carbocycles. The lowest BCUT2D eigenvalue weighted by atomic mass is 9.85. The average molecular weight is 203 g/mol. The lowest BCUT2D eigenvalue weighted by Gasteiger charge is -2.32. The van der Waals surface area contributed by atoms with Gasteiger partial charge >= 0.3 is 10.3 Å². The molecule has 2 N–H and O–H groups in total. The normalized spacial score (nSPS) is 33.6. The molecule has 0 aromatic rings. The van der Waals surface area contributed by atoms with E-state index in [0.29, 0.717) is 0 Å². The van der Waals surface area contributed by atoms with Gasteiger partial charge in [0.1, 0.15) is 0 Å². The van der Waals surface area contributed by atoms with E-state index in [4.69, 9.17) is 4.55 Å². The third-order valence-electron chi connectivity index (χ3n) is 2.25. The Labute approximate surface area is 78.2 Å². The van der Waals surface area contributed by atoms with E-state index in [1.54, 1.807) is 19.1 Å². The third kappa shape index (κ3) is 2.65. The van der Waals surface area contributed by atoms with Gasteiger partial charge in [-0.15, -0.1) is 0 Å². The molecule has 0 spiro atoms. The monoisotopic (exact) mass is 203 g/mol. The quantitative estimate of drug-likeness (QED) is 0.655. The summed E-state index contributed by atoms with van der Waals surface area (Å²) in [6, 6.07) is 0. The van der Waals surface area contributed by atoms with Gasteiger partial charge in [0.2, 0.25) is 0 Å². The highest BCUT2D eigenvalue weighted by Gasteiger charge is 2.31. The summed E-state index contributed by atoms with van der Waals surface area (Å²) >= 11 is 0. The van der Waals surface area contributed by atoms with Crippen LogP contribution in [0.3, 0.4) is 0 Å². The molecular formula is C8H13NO3S. The van der Waals surface area contributed by atoms with Crippen molar-refractivity contribution in [2.24, 2.45) is 5.92 Å². The Morgan fingerprint density at radius 3 is 2.54 bits per heavy atom. The van der Waals surface area contributed by atoms with Crippen LogP contribution in [0.5, 0.6) is 0 Å². The van der Waals surface area contributed by atoms with Gasteiger partial charge in [-0.2, -0.15) is 13.1 Å². The van der Waals surface area contributed by atoms with Crippen LogP contribution in [-0.2, 0) is 10.3 Å². The molecule has 0 bridgehead atoms. The van der Waals surface area contributed by atoms with Gasteiger partial charge in [-0.25, -0.2) is 0 Å². The van der Waals surface area contributed by atoms with Crippen LogP contribution in [-0.4, -0.2) is 18.5 Å². The van der Waals surface area contributed by atoms with Gasteiger partial charge < -0.3 is 0 Å². The molecule has 0 radical (unpaired) electrons. The fourth-order valence-corrected chi connectivity index (χ4v) is 2.05. The highest BCUT2D eigenvalue weighted by molar-refractivity contribution is 7.83. The Bertz CT molecular complexity index is 344. The van der Waals surface area contributed by atoms with Crippen LogP contribution in [0, 0.1) is 5.92 Å². The van der Waals surface area contributed by atoms with Gasteiger partial charge in [0, 0.05) is 0 Å². The minimum absolute atomic E-state index is 0.0134. The van der Waals surface area contributed by atoms with Crippen molar-refractivity contribution in [3.05, 3.63) is 24.3 Å². The second kappa shape index (κ2) is 3.25. The molecule has 4 nitrogen and oxygen atoms in total. The van der Waals surface area contributed by atoms with Crippen molar-refractivity contribution in [2.45, 2.75) is 19.4 Å². The molecule has 0 aromatic heterocycles. The maximum Gasteiger partial charge on any atom is 0.334 e. The van der Waals surface area contributed by atoms with Crippen molar-refractivity contribution >= 4 is 10.3 Å². The van der Waals surface area contributed by atoms with E-state index in [-0.39, 0.29) is 5.92 Å². The van der Waals surface area contributed by atoms with Crippen molar-refractivity contribution in [2.75, 3.05) is 0 Å². The van der Waals surface area contributed by atoms with Crippen LogP contribution in [0.25, 0.3) is 0 Å². The Hall–Kier alpha value is -0.650. The molecule has 0 fully saturated rings. The molecule has 2 atom stereocenters. The minimum atomic E-state index is -4.15. The SMILES string of the molecule is CC1C=CC=CC1(C)NS(=O)(=O)O. The van der Waals surface area contributed by atoms with Gasteiger partial charge in [0.25, 0.3) is 0 Å². The molecule has 0 saturated heterocycles. The van der Waals surface area contributed by atoms with Crippen molar-refractivity contribution < 1.29 is 13.0 Å². The highest BCUT2D eigenvalue weighted by atomic mass is 32.2. The van der Waals surface area contributed by atoms with Crippen LogP contribution in [0.2, 0.25) is 0 Å². The molecule has 74 valence electrons. The van der Waals surface area contributed by atoms with Gasteiger partial charge in [-0.3, -0.25) is 4.55 Å². The molecule has 1 aliphatic carbocycles.